The van der Waals surface area contributed by atoms with Crippen LogP contribution in [-0.2, 0) is 26.3 Å². The van der Waals surface area contributed by atoms with Gasteiger partial charge in [-0.3, -0.25) is 0 Å². The van der Waals surface area contributed by atoms with Crippen molar-refractivity contribution >= 4 is 19.9 Å². The van der Waals surface area contributed by atoms with Crippen LogP contribution >= 0.6 is 0 Å². The molecule has 1 aromatic heterocycles. The van der Waals surface area contributed by atoms with E-state index in [1.54, 1.807) is 6.92 Å². The molecule has 0 bridgehead atoms. The number of nitrogens with one attached hydrogen (secondary N) is 1. The summed E-state index contributed by atoms with van der Waals surface area (Å²) in [5, 5.41) is 6.47. The molecular weight excluding hydrogens is 361 g/mol. The Hall–Kier alpha value is -1.85. The Morgan fingerprint density at radius 2 is 1.92 bits per heavy atom. The van der Waals surface area contributed by atoms with Crippen molar-refractivity contribution in [3.8, 4) is 0 Å². The molecular formula is C13H16FN3O5S2. The first-order valence-corrected chi connectivity index (χ1v) is 10.3. The highest BCUT2D eigenvalue weighted by molar-refractivity contribution is 7.90. The molecule has 2 aromatic rings. The van der Waals surface area contributed by atoms with Crippen molar-refractivity contribution in [2.24, 2.45) is 0 Å². The van der Waals surface area contributed by atoms with Crippen molar-refractivity contribution in [1.29, 1.82) is 0 Å². The van der Waals surface area contributed by atoms with Gasteiger partial charge in [-0.15, -0.1) is 5.10 Å². The minimum atomic E-state index is -3.97. The summed E-state index contributed by atoms with van der Waals surface area (Å²) in [6, 6.07) is 3.81. The van der Waals surface area contributed by atoms with Crippen LogP contribution in [0.15, 0.2) is 32.7 Å². The van der Waals surface area contributed by atoms with E-state index in [2.05, 4.69) is 14.9 Å². The second-order valence-electron chi connectivity index (χ2n) is 5.17. The molecule has 0 aliphatic carbocycles. The van der Waals surface area contributed by atoms with Crippen molar-refractivity contribution in [2.45, 2.75) is 29.9 Å². The van der Waals surface area contributed by atoms with Crippen LogP contribution in [0.25, 0.3) is 0 Å². The molecule has 0 aliphatic heterocycles. The monoisotopic (exact) mass is 377 g/mol. The maximum atomic E-state index is 13.6. The number of halogens is 1. The maximum absolute atomic E-state index is 13.6. The van der Waals surface area contributed by atoms with Gasteiger partial charge in [0.2, 0.25) is 25.8 Å². The van der Waals surface area contributed by atoms with E-state index in [1.807, 2.05) is 0 Å². The standard InChI is InChI=1S/C13H16FN3O5S2/c1-9-5-6-10(14)11(8-9)24(20,21)15-7-3-4-12-16-17-13(22-12)23(2,18)19/h5-6,8,15H,3-4,7H2,1-2H3. The first-order valence-electron chi connectivity index (χ1n) is 6.88. The van der Waals surface area contributed by atoms with Crippen molar-refractivity contribution in [1.82, 2.24) is 14.9 Å². The molecule has 0 spiro atoms. The molecule has 0 fully saturated rings. The Labute approximate surface area is 139 Å². The van der Waals surface area contributed by atoms with Gasteiger partial charge in [-0.25, -0.2) is 25.9 Å². The number of hydrogen-bond donors (Lipinski definition) is 1. The number of hydrogen-bond acceptors (Lipinski definition) is 7. The van der Waals surface area contributed by atoms with E-state index in [-0.39, 0.29) is 25.3 Å². The van der Waals surface area contributed by atoms with Gasteiger partial charge in [0.25, 0.3) is 0 Å². The molecule has 132 valence electrons. The number of aryl methyl sites for hydroxylation is 2. The molecule has 0 aliphatic rings. The minimum absolute atomic E-state index is 0.00625. The van der Waals surface area contributed by atoms with Gasteiger partial charge in [-0.05, 0) is 31.0 Å². The van der Waals surface area contributed by atoms with Crippen molar-refractivity contribution in [2.75, 3.05) is 12.8 Å². The van der Waals surface area contributed by atoms with E-state index in [1.165, 1.54) is 12.1 Å². The molecule has 1 N–H and O–H groups in total. The number of benzene rings is 1. The Morgan fingerprint density at radius 3 is 2.54 bits per heavy atom. The third kappa shape index (κ3) is 4.58. The topological polar surface area (TPSA) is 119 Å². The molecule has 24 heavy (non-hydrogen) atoms. The SMILES string of the molecule is Cc1ccc(F)c(S(=O)(=O)NCCCc2nnc(S(C)(=O)=O)o2)c1. The summed E-state index contributed by atoms with van der Waals surface area (Å²) in [4.78, 5) is -0.417. The number of nitrogens with zero attached hydrogens (tertiary/aromatic N) is 2. The molecule has 1 aromatic carbocycles. The fourth-order valence-corrected chi connectivity index (χ4v) is 3.50. The first-order chi connectivity index (χ1) is 11.1. The average molecular weight is 377 g/mol. The molecule has 0 atom stereocenters. The van der Waals surface area contributed by atoms with Gasteiger partial charge in [-0.2, -0.15) is 0 Å². The van der Waals surface area contributed by atoms with E-state index in [4.69, 9.17) is 4.42 Å². The Balaban J connectivity index is 1.94. The van der Waals surface area contributed by atoms with Crippen LogP contribution in [0.2, 0.25) is 0 Å². The lowest BCUT2D eigenvalue weighted by Gasteiger charge is -2.07. The van der Waals surface area contributed by atoms with E-state index in [9.17, 15) is 21.2 Å². The van der Waals surface area contributed by atoms with Gasteiger partial charge in [0.05, 0.1) is 0 Å². The Bertz CT molecular complexity index is 938. The second kappa shape index (κ2) is 6.95. The lowest BCUT2D eigenvalue weighted by atomic mass is 10.2. The molecule has 11 heteroatoms. The second-order valence-corrected chi connectivity index (χ2v) is 8.80. The van der Waals surface area contributed by atoms with Crippen LogP contribution in [0.1, 0.15) is 17.9 Å². The fraction of sp³-hybridized carbons (Fsp3) is 0.385. The smallest absolute Gasteiger partial charge is 0.335 e. The third-order valence-corrected chi connectivity index (χ3v) is 5.28. The van der Waals surface area contributed by atoms with Crippen molar-refractivity contribution < 1.29 is 25.6 Å². The summed E-state index contributed by atoms with van der Waals surface area (Å²) in [6.07, 6.45) is 1.40. The van der Waals surface area contributed by atoms with E-state index >= 15 is 0 Å². The Morgan fingerprint density at radius 1 is 1.21 bits per heavy atom. The highest BCUT2D eigenvalue weighted by Gasteiger charge is 2.19. The molecule has 0 unspecified atom stereocenters. The normalized spacial score (nSPS) is 12.5. The van der Waals surface area contributed by atoms with E-state index < -0.39 is 35.8 Å². The molecule has 0 saturated carbocycles. The van der Waals surface area contributed by atoms with Gasteiger partial charge in [0.1, 0.15) is 10.7 Å². The number of sulfonamides is 1. The maximum Gasteiger partial charge on any atom is 0.335 e. The predicted molar refractivity (Wildman–Crippen MR) is 82.1 cm³/mol. The molecule has 0 saturated heterocycles. The molecule has 8 nitrogen and oxygen atoms in total. The summed E-state index contributed by atoms with van der Waals surface area (Å²) in [6.45, 7) is 1.67. The van der Waals surface area contributed by atoms with E-state index in [0.29, 0.717) is 5.56 Å². The average Bonchev–Trinajstić information content (AvgIpc) is 2.95. The summed E-state index contributed by atoms with van der Waals surface area (Å²) in [7, 11) is -7.55. The van der Waals surface area contributed by atoms with Crippen LogP contribution in [0.3, 0.4) is 0 Å². The number of aromatic nitrogens is 2. The fourth-order valence-electron chi connectivity index (χ4n) is 1.83. The zero-order valence-electron chi connectivity index (χ0n) is 13.0. The van der Waals surface area contributed by atoms with E-state index in [0.717, 1.165) is 12.3 Å². The zero-order valence-corrected chi connectivity index (χ0v) is 14.6. The lowest BCUT2D eigenvalue weighted by molar-refractivity contribution is 0.394. The first kappa shape index (κ1) is 18.5. The predicted octanol–water partition coefficient (Wildman–Crippen LogP) is 0.832. The van der Waals surface area contributed by atoms with Crippen LogP contribution in [-0.4, -0.2) is 39.8 Å². The summed E-state index contributed by atoms with van der Waals surface area (Å²) in [5.41, 5.74) is 0.621. The number of rotatable bonds is 7. The minimum Gasteiger partial charge on any atom is -0.413 e. The highest BCUT2D eigenvalue weighted by atomic mass is 32.2. The Kier molecular flexibility index (Phi) is 5.35. The van der Waals surface area contributed by atoms with Gasteiger partial charge < -0.3 is 4.42 Å². The van der Waals surface area contributed by atoms with Gasteiger partial charge in [0, 0.05) is 19.2 Å². The zero-order chi connectivity index (χ0) is 18.0. The quantitative estimate of drug-likeness (QED) is 0.710. The van der Waals surface area contributed by atoms with Crippen molar-refractivity contribution in [3.63, 3.8) is 0 Å². The van der Waals surface area contributed by atoms with Crippen LogP contribution in [0, 0.1) is 12.7 Å². The van der Waals surface area contributed by atoms with Gasteiger partial charge in [-0.1, -0.05) is 11.2 Å². The van der Waals surface area contributed by atoms with Gasteiger partial charge in [0.15, 0.2) is 0 Å². The van der Waals surface area contributed by atoms with Crippen LogP contribution in [0.4, 0.5) is 4.39 Å². The molecule has 0 radical (unpaired) electrons. The molecule has 0 amide bonds. The summed E-state index contributed by atoms with van der Waals surface area (Å²) < 4.78 is 67.4. The van der Waals surface area contributed by atoms with Crippen molar-refractivity contribution in [3.05, 3.63) is 35.5 Å². The van der Waals surface area contributed by atoms with Crippen LogP contribution < -0.4 is 4.72 Å². The van der Waals surface area contributed by atoms with Crippen LogP contribution in [0.5, 0.6) is 0 Å². The summed E-state index contributed by atoms with van der Waals surface area (Å²) >= 11 is 0. The molecule has 2 rings (SSSR count). The largest absolute Gasteiger partial charge is 0.413 e. The lowest BCUT2D eigenvalue weighted by Crippen LogP contribution is -2.26. The summed E-state index contributed by atoms with van der Waals surface area (Å²) in [5.74, 6) is -0.751. The van der Waals surface area contributed by atoms with Gasteiger partial charge >= 0.3 is 5.22 Å². The number of sulfone groups is 1. The highest BCUT2D eigenvalue weighted by Crippen LogP contribution is 2.16. The molecule has 1 heterocycles. The third-order valence-electron chi connectivity index (χ3n) is 3.00.